The molecule has 1 amide bonds. The van der Waals surface area contributed by atoms with E-state index in [9.17, 15) is 19.1 Å². The minimum atomic E-state index is -0.781. The molecule has 1 atom stereocenters. The molecule has 1 heterocycles. The lowest BCUT2D eigenvalue weighted by molar-refractivity contribution is -0.143. The summed E-state index contributed by atoms with van der Waals surface area (Å²) in [5.74, 6) is -1.71. The van der Waals surface area contributed by atoms with E-state index in [1.165, 1.54) is 24.3 Å². The molecule has 1 fully saturated rings. The molecule has 1 unspecified atom stereocenters. The van der Waals surface area contributed by atoms with E-state index in [2.05, 4.69) is 5.32 Å². The highest BCUT2D eigenvalue weighted by molar-refractivity contribution is 5.95. The highest BCUT2D eigenvalue weighted by atomic mass is 19.1. The van der Waals surface area contributed by atoms with Gasteiger partial charge in [-0.25, -0.2) is 4.39 Å². The second kappa shape index (κ2) is 8.10. The molecule has 3 rings (SSSR count). The zero-order valence-electron chi connectivity index (χ0n) is 14.3. The van der Waals surface area contributed by atoms with Crippen LogP contribution in [-0.4, -0.2) is 35.0 Å². The van der Waals surface area contributed by atoms with Gasteiger partial charge in [0.15, 0.2) is 0 Å². The van der Waals surface area contributed by atoms with Crippen molar-refractivity contribution in [1.29, 1.82) is 0 Å². The summed E-state index contributed by atoms with van der Waals surface area (Å²) >= 11 is 0. The molecule has 2 N–H and O–H groups in total. The van der Waals surface area contributed by atoms with Gasteiger partial charge in [0.25, 0.3) is 0 Å². The van der Waals surface area contributed by atoms with Gasteiger partial charge in [0.2, 0.25) is 5.91 Å². The highest BCUT2D eigenvalue weighted by Crippen LogP contribution is 2.28. The van der Waals surface area contributed by atoms with Crippen LogP contribution in [0.5, 0.6) is 0 Å². The van der Waals surface area contributed by atoms with Crippen molar-refractivity contribution in [3.8, 4) is 0 Å². The van der Waals surface area contributed by atoms with Crippen LogP contribution in [0.2, 0.25) is 0 Å². The number of carbonyl (C=O) groups excluding carboxylic acids is 1. The Balaban J connectivity index is 1.79. The van der Waals surface area contributed by atoms with Crippen molar-refractivity contribution in [2.45, 2.75) is 18.9 Å². The van der Waals surface area contributed by atoms with Gasteiger partial charge in [0.1, 0.15) is 11.9 Å². The number of amides is 1. The Hall–Kier alpha value is -2.73. The van der Waals surface area contributed by atoms with Crippen LogP contribution in [0.25, 0.3) is 0 Å². The smallest absolute Gasteiger partial charge is 0.306 e. The SMILES string of the molecule is O=C(O)C1CCN(C(C(=O)Nc2ccc(F)cc2)c2ccccc2)CC1. The van der Waals surface area contributed by atoms with Gasteiger partial charge in [0, 0.05) is 18.8 Å². The summed E-state index contributed by atoms with van der Waals surface area (Å²) in [7, 11) is 0. The molecule has 1 saturated heterocycles. The Bertz CT molecular complexity index is 756. The van der Waals surface area contributed by atoms with Crippen molar-refractivity contribution >= 4 is 17.6 Å². The lowest BCUT2D eigenvalue weighted by atomic mass is 9.94. The second-order valence-corrected chi connectivity index (χ2v) is 6.46. The third-order valence-corrected chi connectivity index (χ3v) is 4.72. The van der Waals surface area contributed by atoms with E-state index in [-0.39, 0.29) is 17.6 Å². The van der Waals surface area contributed by atoms with Crippen LogP contribution in [0.15, 0.2) is 54.6 Å². The number of anilines is 1. The summed E-state index contributed by atoms with van der Waals surface area (Å²) in [5.41, 5.74) is 1.37. The second-order valence-electron chi connectivity index (χ2n) is 6.46. The molecule has 0 aliphatic carbocycles. The molecule has 136 valence electrons. The van der Waals surface area contributed by atoms with E-state index in [0.29, 0.717) is 31.6 Å². The summed E-state index contributed by atoms with van der Waals surface area (Å²) in [6.07, 6.45) is 1.03. The fourth-order valence-electron chi connectivity index (χ4n) is 3.31. The Kier molecular flexibility index (Phi) is 5.63. The van der Waals surface area contributed by atoms with Gasteiger partial charge in [-0.15, -0.1) is 0 Å². The fraction of sp³-hybridized carbons (Fsp3) is 0.300. The molecule has 1 aliphatic heterocycles. The van der Waals surface area contributed by atoms with Gasteiger partial charge in [-0.3, -0.25) is 14.5 Å². The third kappa shape index (κ3) is 4.26. The Morgan fingerprint density at radius 2 is 1.65 bits per heavy atom. The first-order chi connectivity index (χ1) is 12.5. The number of rotatable bonds is 5. The molecule has 0 saturated carbocycles. The van der Waals surface area contributed by atoms with Crippen molar-refractivity contribution in [3.05, 3.63) is 66.0 Å². The minimum absolute atomic E-state index is 0.211. The number of nitrogens with zero attached hydrogens (tertiary/aromatic N) is 1. The van der Waals surface area contributed by atoms with E-state index in [1.807, 2.05) is 35.2 Å². The van der Waals surface area contributed by atoms with Gasteiger partial charge in [0.05, 0.1) is 5.92 Å². The number of carboxylic acids is 1. The maximum Gasteiger partial charge on any atom is 0.306 e. The van der Waals surface area contributed by atoms with E-state index >= 15 is 0 Å². The van der Waals surface area contributed by atoms with Gasteiger partial charge in [-0.2, -0.15) is 0 Å². The van der Waals surface area contributed by atoms with Crippen molar-refractivity contribution < 1.29 is 19.1 Å². The van der Waals surface area contributed by atoms with Crippen LogP contribution in [0.1, 0.15) is 24.4 Å². The normalized spacial score (nSPS) is 16.8. The molecule has 2 aromatic rings. The van der Waals surface area contributed by atoms with Gasteiger partial charge in [-0.1, -0.05) is 30.3 Å². The number of halogens is 1. The van der Waals surface area contributed by atoms with Crippen LogP contribution >= 0.6 is 0 Å². The average molecular weight is 356 g/mol. The van der Waals surface area contributed by atoms with E-state index < -0.39 is 12.0 Å². The highest BCUT2D eigenvalue weighted by Gasteiger charge is 2.33. The van der Waals surface area contributed by atoms with Gasteiger partial charge < -0.3 is 10.4 Å². The molecule has 0 spiro atoms. The molecule has 5 nitrogen and oxygen atoms in total. The van der Waals surface area contributed by atoms with Crippen LogP contribution in [-0.2, 0) is 9.59 Å². The Morgan fingerprint density at radius 3 is 2.23 bits per heavy atom. The van der Waals surface area contributed by atoms with Crippen molar-refractivity contribution in [3.63, 3.8) is 0 Å². The molecule has 0 bridgehead atoms. The topological polar surface area (TPSA) is 69.6 Å². The molecule has 1 aliphatic rings. The summed E-state index contributed by atoms with van der Waals surface area (Å²) in [6.45, 7) is 1.07. The van der Waals surface area contributed by atoms with Crippen LogP contribution in [0.4, 0.5) is 10.1 Å². The standard InChI is InChI=1S/C20H21FN2O3/c21-16-6-8-17(9-7-16)22-19(24)18(14-4-2-1-3-5-14)23-12-10-15(11-13-23)20(25)26/h1-9,15,18H,10-13H2,(H,22,24)(H,25,26). The quantitative estimate of drug-likeness (QED) is 0.862. The number of hydrogen-bond donors (Lipinski definition) is 2. The number of hydrogen-bond acceptors (Lipinski definition) is 3. The van der Waals surface area contributed by atoms with E-state index in [4.69, 9.17) is 0 Å². The summed E-state index contributed by atoms with van der Waals surface area (Å²) in [6, 6.07) is 14.5. The lowest BCUT2D eigenvalue weighted by Crippen LogP contribution is -2.43. The molecule has 0 radical (unpaired) electrons. The number of nitrogens with one attached hydrogen (secondary N) is 1. The first-order valence-electron chi connectivity index (χ1n) is 8.63. The third-order valence-electron chi connectivity index (χ3n) is 4.72. The molecular weight excluding hydrogens is 335 g/mol. The fourth-order valence-corrected chi connectivity index (χ4v) is 3.31. The van der Waals surface area contributed by atoms with Gasteiger partial charge >= 0.3 is 5.97 Å². The van der Waals surface area contributed by atoms with Crippen LogP contribution in [0, 0.1) is 11.7 Å². The van der Waals surface area contributed by atoms with Crippen molar-refractivity contribution in [2.24, 2.45) is 5.92 Å². The largest absolute Gasteiger partial charge is 0.481 e. The molecule has 26 heavy (non-hydrogen) atoms. The zero-order valence-corrected chi connectivity index (χ0v) is 14.3. The lowest BCUT2D eigenvalue weighted by Gasteiger charge is -2.35. The summed E-state index contributed by atoms with van der Waals surface area (Å²) < 4.78 is 13.1. The van der Waals surface area contributed by atoms with Gasteiger partial charge in [-0.05, 0) is 42.7 Å². The molecule has 2 aromatic carbocycles. The maximum atomic E-state index is 13.1. The van der Waals surface area contributed by atoms with E-state index in [1.54, 1.807) is 0 Å². The predicted octanol–water partition coefficient (Wildman–Crippen LogP) is 3.30. The zero-order chi connectivity index (χ0) is 18.5. The molecule has 6 heteroatoms. The first kappa shape index (κ1) is 18.1. The monoisotopic (exact) mass is 356 g/mol. The Morgan fingerprint density at radius 1 is 1.04 bits per heavy atom. The Labute approximate surface area is 151 Å². The van der Waals surface area contributed by atoms with Crippen molar-refractivity contribution in [2.75, 3.05) is 18.4 Å². The van der Waals surface area contributed by atoms with Crippen LogP contribution in [0.3, 0.4) is 0 Å². The molecule has 0 aromatic heterocycles. The number of benzene rings is 2. The first-order valence-corrected chi connectivity index (χ1v) is 8.63. The minimum Gasteiger partial charge on any atom is -0.481 e. The number of carboxylic acid groups (broad SMARTS) is 1. The van der Waals surface area contributed by atoms with E-state index in [0.717, 1.165) is 5.56 Å². The molecular formula is C20H21FN2O3. The number of piperidine rings is 1. The number of aliphatic carboxylic acids is 1. The predicted molar refractivity (Wildman–Crippen MR) is 96.1 cm³/mol. The summed E-state index contributed by atoms with van der Waals surface area (Å²) in [5, 5.41) is 12.0. The summed E-state index contributed by atoms with van der Waals surface area (Å²) in [4.78, 5) is 26.1. The average Bonchev–Trinajstić information content (AvgIpc) is 2.65. The maximum absolute atomic E-state index is 13.1. The van der Waals surface area contributed by atoms with Crippen LogP contribution < -0.4 is 5.32 Å². The number of likely N-dealkylation sites (tertiary alicyclic amines) is 1. The van der Waals surface area contributed by atoms with Crippen molar-refractivity contribution in [1.82, 2.24) is 4.90 Å². The number of carbonyl (C=O) groups is 2.